The van der Waals surface area contributed by atoms with E-state index in [4.69, 9.17) is 0 Å². The third kappa shape index (κ3) is 4.00. The van der Waals surface area contributed by atoms with Crippen molar-refractivity contribution in [3.8, 4) is 11.1 Å². The molecule has 1 fully saturated rings. The highest BCUT2D eigenvalue weighted by Gasteiger charge is 2.40. The van der Waals surface area contributed by atoms with Gasteiger partial charge in [0.2, 0.25) is 15.9 Å². The number of nitrogens with one attached hydrogen (secondary N) is 1. The molecule has 1 saturated heterocycles. The van der Waals surface area contributed by atoms with Gasteiger partial charge in [-0.3, -0.25) is 9.59 Å². The van der Waals surface area contributed by atoms with Gasteiger partial charge in [-0.25, -0.2) is 8.42 Å². The summed E-state index contributed by atoms with van der Waals surface area (Å²) in [6, 6.07) is 19.6. The van der Waals surface area contributed by atoms with Gasteiger partial charge >= 0.3 is 0 Å². The maximum absolute atomic E-state index is 13.5. The van der Waals surface area contributed by atoms with Crippen molar-refractivity contribution in [3.63, 3.8) is 0 Å². The molecule has 0 aliphatic carbocycles. The lowest BCUT2D eigenvalue weighted by atomic mass is 9.81. The Morgan fingerprint density at radius 3 is 2.36 bits per heavy atom. The number of hydrogen-bond donors (Lipinski definition) is 1. The molecule has 5 rings (SSSR count). The normalized spacial score (nSPS) is 20.2. The number of sulfonamides is 1. The Morgan fingerprint density at radius 1 is 0.939 bits per heavy atom. The number of rotatable bonds is 4. The van der Waals surface area contributed by atoms with Crippen molar-refractivity contribution >= 4 is 21.6 Å². The summed E-state index contributed by atoms with van der Waals surface area (Å²) in [7, 11) is -3.71. The van der Waals surface area contributed by atoms with Gasteiger partial charge in [0, 0.05) is 55.5 Å². The molecule has 2 aliphatic rings. The summed E-state index contributed by atoms with van der Waals surface area (Å²) in [5, 5.41) is 2.65. The van der Waals surface area contributed by atoms with Crippen molar-refractivity contribution in [2.24, 2.45) is 5.92 Å². The van der Waals surface area contributed by atoms with Crippen molar-refractivity contribution in [2.45, 2.75) is 30.7 Å². The molecule has 7 nitrogen and oxygen atoms in total. The molecule has 33 heavy (non-hydrogen) atoms. The molecule has 0 saturated carbocycles. The van der Waals surface area contributed by atoms with Crippen LogP contribution in [0.3, 0.4) is 0 Å². The van der Waals surface area contributed by atoms with Crippen molar-refractivity contribution < 1.29 is 13.2 Å². The Labute approximate surface area is 192 Å². The molecule has 2 bridgehead atoms. The topological polar surface area (TPSA) is 88.5 Å². The molecular weight excluding hydrogens is 438 g/mol. The zero-order chi connectivity index (χ0) is 23.2. The second kappa shape index (κ2) is 8.28. The van der Waals surface area contributed by atoms with Crippen LogP contribution in [0.25, 0.3) is 11.1 Å². The third-order valence-electron chi connectivity index (χ3n) is 6.45. The van der Waals surface area contributed by atoms with E-state index in [1.807, 2.05) is 41.0 Å². The molecular formula is C25H25N3O4S. The zero-order valence-electron chi connectivity index (χ0n) is 18.3. The van der Waals surface area contributed by atoms with E-state index in [0.717, 1.165) is 23.2 Å². The standard InChI is InChI=1S/C25H25N3O4S/c1-17(29)26-21-7-9-22(10-8-21)33(31,32)27-14-18-13-20(16-27)25-23(19-5-3-2-4-6-19)11-12-24(30)28(25)15-18/h2-12,18,20H,13-16H2,1H3,(H,26,29)/t18-,20+/m0/s1. The first-order chi connectivity index (χ1) is 15.8. The molecule has 170 valence electrons. The van der Waals surface area contributed by atoms with Gasteiger partial charge in [0.25, 0.3) is 5.56 Å². The predicted octanol–water partition coefficient (Wildman–Crippen LogP) is 3.28. The Balaban J connectivity index is 1.49. The number of benzene rings is 2. The van der Waals surface area contributed by atoms with E-state index in [2.05, 4.69) is 5.32 Å². The van der Waals surface area contributed by atoms with Gasteiger partial charge in [0.15, 0.2) is 0 Å². The van der Waals surface area contributed by atoms with E-state index in [0.29, 0.717) is 25.3 Å². The van der Waals surface area contributed by atoms with Crippen LogP contribution in [-0.4, -0.2) is 36.3 Å². The highest BCUT2D eigenvalue weighted by atomic mass is 32.2. The number of fused-ring (bicyclic) bond motifs is 4. The summed E-state index contributed by atoms with van der Waals surface area (Å²) in [6.07, 6.45) is 0.858. The summed E-state index contributed by atoms with van der Waals surface area (Å²) in [4.78, 5) is 24.1. The lowest BCUT2D eigenvalue weighted by molar-refractivity contribution is -0.114. The summed E-state index contributed by atoms with van der Waals surface area (Å²) < 4.78 is 30.3. The van der Waals surface area contributed by atoms with Crippen LogP contribution in [0, 0.1) is 5.92 Å². The van der Waals surface area contributed by atoms with Crippen LogP contribution in [0.15, 0.2) is 76.4 Å². The van der Waals surface area contributed by atoms with Gasteiger partial charge in [-0.2, -0.15) is 4.31 Å². The maximum Gasteiger partial charge on any atom is 0.250 e. The minimum Gasteiger partial charge on any atom is -0.326 e. The van der Waals surface area contributed by atoms with E-state index in [1.54, 1.807) is 22.5 Å². The molecule has 1 aromatic heterocycles. The highest BCUT2D eigenvalue weighted by Crippen LogP contribution is 2.41. The van der Waals surface area contributed by atoms with Crippen LogP contribution < -0.4 is 10.9 Å². The molecule has 8 heteroatoms. The molecule has 2 aliphatic heterocycles. The Hall–Kier alpha value is -3.23. The summed E-state index contributed by atoms with van der Waals surface area (Å²) >= 11 is 0. The average Bonchev–Trinajstić information content (AvgIpc) is 2.80. The van der Waals surface area contributed by atoms with Crippen molar-refractivity contribution in [1.29, 1.82) is 0 Å². The highest BCUT2D eigenvalue weighted by molar-refractivity contribution is 7.89. The number of piperidine rings is 1. The fourth-order valence-corrected chi connectivity index (χ4v) is 6.65. The quantitative estimate of drug-likeness (QED) is 0.643. The first-order valence-electron chi connectivity index (χ1n) is 11.0. The molecule has 3 heterocycles. The number of anilines is 1. The lowest BCUT2D eigenvalue weighted by Crippen LogP contribution is -2.49. The average molecular weight is 464 g/mol. The lowest BCUT2D eigenvalue weighted by Gasteiger charge is -2.42. The predicted molar refractivity (Wildman–Crippen MR) is 126 cm³/mol. The summed E-state index contributed by atoms with van der Waals surface area (Å²) in [5.74, 6) is -0.193. The number of carbonyl (C=O) groups is 1. The number of amides is 1. The van der Waals surface area contributed by atoms with Crippen LogP contribution in [0.1, 0.15) is 25.0 Å². The molecule has 3 aromatic rings. The molecule has 1 amide bonds. The van der Waals surface area contributed by atoms with Gasteiger partial charge in [-0.1, -0.05) is 30.3 Å². The van der Waals surface area contributed by atoms with E-state index in [-0.39, 0.29) is 28.2 Å². The van der Waals surface area contributed by atoms with Crippen molar-refractivity contribution in [1.82, 2.24) is 8.87 Å². The van der Waals surface area contributed by atoms with E-state index < -0.39 is 10.0 Å². The van der Waals surface area contributed by atoms with Crippen LogP contribution in [-0.2, 0) is 21.4 Å². The molecule has 0 unspecified atom stereocenters. The van der Waals surface area contributed by atoms with E-state index in [9.17, 15) is 18.0 Å². The molecule has 0 radical (unpaired) electrons. The summed E-state index contributed by atoms with van der Waals surface area (Å²) in [5.41, 5.74) is 3.44. The minimum absolute atomic E-state index is 0.0377. The minimum atomic E-state index is -3.71. The SMILES string of the molecule is CC(=O)Nc1ccc(S(=O)(=O)N2C[C@@H]3C[C@H](C2)c2c(-c4ccccc4)ccc(=O)n2C3)cc1. The van der Waals surface area contributed by atoms with Crippen LogP contribution in [0.2, 0.25) is 0 Å². The number of nitrogens with zero attached hydrogens (tertiary/aromatic N) is 2. The Morgan fingerprint density at radius 2 is 1.67 bits per heavy atom. The summed E-state index contributed by atoms with van der Waals surface area (Å²) in [6.45, 7) is 2.63. The number of pyridine rings is 1. The first kappa shape index (κ1) is 21.6. The molecule has 0 spiro atoms. The van der Waals surface area contributed by atoms with Gasteiger partial charge < -0.3 is 9.88 Å². The third-order valence-corrected chi connectivity index (χ3v) is 8.30. The zero-order valence-corrected chi connectivity index (χ0v) is 19.1. The van der Waals surface area contributed by atoms with Crippen LogP contribution in [0.4, 0.5) is 5.69 Å². The largest absolute Gasteiger partial charge is 0.326 e. The van der Waals surface area contributed by atoms with Gasteiger partial charge in [-0.05, 0) is 48.2 Å². The Kier molecular flexibility index (Phi) is 5.42. The van der Waals surface area contributed by atoms with Crippen molar-refractivity contribution in [2.75, 3.05) is 18.4 Å². The monoisotopic (exact) mass is 463 g/mol. The second-order valence-electron chi connectivity index (χ2n) is 8.77. The van der Waals surface area contributed by atoms with Crippen molar-refractivity contribution in [3.05, 3.63) is 82.8 Å². The fraction of sp³-hybridized carbons (Fsp3) is 0.280. The van der Waals surface area contributed by atoms with E-state index in [1.165, 1.54) is 19.1 Å². The van der Waals surface area contributed by atoms with Gasteiger partial charge in [-0.15, -0.1) is 0 Å². The first-order valence-corrected chi connectivity index (χ1v) is 12.4. The van der Waals surface area contributed by atoms with E-state index >= 15 is 0 Å². The molecule has 2 atom stereocenters. The Bertz CT molecular complexity index is 1370. The number of aromatic nitrogens is 1. The smallest absolute Gasteiger partial charge is 0.250 e. The van der Waals surface area contributed by atoms with Crippen LogP contribution in [0.5, 0.6) is 0 Å². The molecule has 2 aromatic carbocycles. The van der Waals surface area contributed by atoms with Crippen LogP contribution >= 0.6 is 0 Å². The number of hydrogen-bond acceptors (Lipinski definition) is 4. The number of carbonyl (C=O) groups excluding carboxylic acids is 1. The fourth-order valence-electron chi connectivity index (χ4n) is 5.09. The second-order valence-corrected chi connectivity index (χ2v) is 10.7. The molecule has 1 N–H and O–H groups in total. The maximum atomic E-state index is 13.5. The van der Waals surface area contributed by atoms with Gasteiger partial charge in [0.05, 0.1) is 4.90 Å². The van der Waals surface area contributed by atoms with Gasteiger partial charge in [0.1, 0.15) is 0 Å².